The van der Waals surface area contributed by atoms with Crippen LogP contribution < -0.4 is 15.4 Å². The fraction of sp³-hybridized carbons (Fsp3) is 0.514. The maximum Gasteiger partial charge on any atom is 0.319 e. The number of ether oxygens (including phenoxy) is 2. The van der Waals surface area contributed by atoms with E-state index in [0.717, 1.165) is 50.0 Å². The first-order valence-corrected chi connectivity index (χ1v) is 19.0. The Morgan fingerprint density at radius 3 is 2.75 bits per heavy atom. The van der Waals surface area contributed by atoms with E-state index < -0.39 is 23.3 Å². The molecule has 2 aromatic carbocycles. The Labute approximate surface area is 307 Å². The number of anilines is 2. The van der Waals surface area contributed by atoms with Crippen molar-refractivity contribution in [3.8, 4) is 23.2 Å². The fourth-order valence-electron chi connectivity index (χ4n) is 9.23. The molecule has 2 aromatic heterocycles. The first-order chi connectivity index (χ1) is 25.1. The maximum absolute atomic E-state index is 17.2. The van der Waals surface area contributed by atoms with Gasteiger partial charge < -0.3 is 25.0 Å². The van der Waals surface area contributed by atoms with Gasteiger partial charge in [0, 0.05) is 60.9 Å². The van der Waals surface area contributed by atoms with Gasteiger partial charge in [0.2, 0.25) is 5.91 Å². The van der Waals surface area contributed by atoms with Gasteiger partial charge in [-0.15, -0.1) is 11.3 Å². The number of benzene rings is 2. The van der Waals surface area contributed by atoms with Gasteiger partial charge >= 0.3 is 6.01 Å². The minimum Gasteiger partial charge on any atom is -0.461 e. The van der Waals surface area contributed by atoms with Gasteiger partial charge in [-0.25, -0.2) is 13.2 Å². The molecule has 272 valence electrons. The number of carbonyl (C=O) groups is 1. The molecule has 0 unspecified atom stereocenters. The van der Waals surface area contributed by atoms with Crippen LogP contribution in [0.4, 0.5) is 24.0 Å². The summed E-state index contributed by atoms with van der Waals surface area (Å²) < 4.78 is 58.6. The number of aromatic nitrogens is 2. The van der Waals surface area contributed by atoms with Crippen molar-refractivity contribution in [1.29, 1.82) is 5.26 Å². The lowest BCUT2D eigenvalue weighted by Crippen LogP contribution is -2.64. The first kappa shape index (κ1) is 33.9. The molecule has 5 fully saturated rings. The lowest BCUT2D eigenvalue weighted by atomic mass is 9.75. The molecule has 2 N–H and O–H groups in total. The maximum atomic E-state index is 17.2. The molecule has 0 radical (unpaired) electrons. The number of likely N-dealkylation sites (tertiary alicyclic amines) is 1. The number of fused-ring (bicyclic) bond motifs is 3. The van der Waals surface area contributed by atoms with Crippen LogP contribution in [0.25, 0.3) is 32.1 Å². The van der Waals surface area contributed by atoms with Crippen LogP contribution in [-0.4, -0.2) is 96.5 Å². The molecule has 5 aliphatic rings. The van der Waals surface area contributed by atoms with Crippen molar-refractivity contribution in [3.05, 3.63) is 40.4 Å². The fourth-order valence-corrected chi connectivity index (χ4v) is 10.5. The first-order valence-electron chi connectivity index (χ1n) is 17.8. The highest BCUT2D eigenvalue weighted by molar-refractivity contribution is 7.23. The van der Waals surface area contributed by atoms with Crippen molar-refractivity contribution in [1.82, 2.24) is 19.8 Å². The summed E-state index contributed by atoms with van der Waals surface area (Å²) in [6, 6.07) is 6.25. The monoisotopic (exact) mass is 751 g/mol. The molecular weight excluding hydrogens is 715 g/mol. The standard InChI is InChI=1S/C37H37ClF3N7O3S/c38-25-10-23-30(29(41)28(25)22-4-5-26(40)31-27(22)24(12-42)32(43)52-31)44-35(51-19-37-7-3-9-48(37)13-21(39)11-37)45-33(23)46-8-2-1-6-36(16-46)17-47(18-36)34(49)20-14-50-15-20/h4-5,10,20-21H,1-3,6-9,11,13-19,43H2/t21-,37+/m1/s1. The van der Waals surface area contributed by atoms with E-state index in [1.165, 1.54) is 12.1 Å². The number of nitrogens with zero attached hydrogens (tertiary/aromatic N) is 6. The van der Waals surface area contributed by atoms with E-state index in [1.54, 1.807) is 6.07 Å². The molecule has 1 amide bonds. The van der Waals surface area contributed by atoms with Crippen LogP contribution >= 0.6 is 22.9 Å². The van der Waals surface area contributed by atoms with E-state index in [4.69, 9.17) is 31.8 Å². The topological polar surface area (TPSA) is 121 Å². The number of thiophene rings is 1. The van der Waals surface area contributed by atoms with Crippen LogP contribution in [0.5, 0.6) is 6.01 Å². The normalized spacial score (nSPS) is 24.6. The molecule has 10 nitrogen and oxygen atoms in total. The number of rotatable bonds is 6. The number of alkyl halides is 1. The third-order valence-electron chi connectivity index (χ3n) is 11.8. The number of hydrogen-bond donors (Lipinski definition) is 1. The van der Waals surface area contributed by atoms with Crippen molar-refractivity contribution >= 4 is 60.7 Å². The molecule has 9 rings (SSSR count). The zero-order chi connectivity index (χ0) is 35.9. The Morgan fingerprint density at radius 1 is 1.15 bits per heavy atom. The molecule has 7 heterocycles. The number of nitrogens with two attached hydrogens (primary N) is 1. The highest BCUT2D eigenvalue weighted by atomic mass is 35.5. The molecule has 0 bridgehead atoms. The Balaban J connectivity index is 1.15. The van der Waals surface area contributed by atoms with E-state index in [1.807, 2.05) is 11.0 Å². The minimum atomic E-state index is -0.949. The van der Waals surface area contributed by atoms with Crippen LogP contribution in [0.15, 0.2) is 18.2 Å². The van der Waals surface area contributed by atoms with E-state index in [-0.39, 0.29) is 72.2 Å². The van der Waals surface area contributed by atoms with Crippen molar-refractivity contribution in [2.45, 2.75) is 50.2 Å². The lowest BCUT2D eigenvalue weighted by molar-refractivity contribution is -0.161. The van der Waals surface area contributed by atoms with Gasteiger partial charge in [0.15, 0.2) is 5.82 Å². The second-order valence-corrected chi connectivity index (χ2v) is 16.7. The quantitative estimate of drug-likeness (QED) is 0.242. The summed E-state index contributed by atoms with van der Waals surface area (Å²) in [6.45, 7) is 4.70. The Bertz CT molecular complexity index is 2170. The summed E-state index contributed by atoms with van der Waals surface area (Å²) in [4.78, 5) is 28.7. The average Bonchev–Trinajstić information content (AvgIpc) is 3.65. The molecule has 5 aliphatic heterocycles. The number of halogens is 4. The third kappa shape index (κ3) is 5.37. The molecule has 0 saturated carbocycles. The molecule has 0 aliphatic carbocycles. The summed E-state index contributed by atoms with van der Waals surface area (Å²) in [5.41, 5.74) is 5.66. The zero-order valence-electron chi connectivity index (χ0n) is 28.4. The Hall–Kier alpha value is -3.90. The largest absolute Gasteiger partial charge is 0.461 e. The predicted octanol–water partition coefficient (Wildman–Crippen LogP) is 6.32. The van der Waals surface area contributed by atoms with E-state index >= 15 is 4.39 Å². The summed E-state index contributed by atoms with van der Waals surface area (Å²) >= 11 is 7.86. The number of nitrogen functional groups attached to an aromatic ring is 1. The van der Waals surface area contributed by atoms with Gasteiger partial charge in [-0.2, -0.15) is 15.2 Å². The highest BCUT2D eigenvalue weighted by Crippen LogP contribution is 2.47. The van der Waals surface area contributed by atoms with Gasteiger partial charge in [-0.05, 0) is 49.9 Å². The molecule has 52 heavy (non-hydrogen) atoms. The molecule has 15 heteroatoms. The smallest absolute Gasteiger partial charge is 0.319 e. The summed E-state index contributed by atoms with van der Waals surface area (Å²) in [5, 5.41) is 10.7. The SMILES string of the molecule is N#Cc1c(N)sc2c(F)ccc(-c3c(Cl)cc4c(N5CCCCC6(CN(C(=O)C7COC7)C6)C5)nc(OC[C@@]56CCCN5C[C@H](F)C6)nc4c3F)c12. The third-order valence-corrected chi connectivity index (χ3v) is 13.2. The molecule has 4 aromatic rings. The van der Waals surface area contributed by atoms with Gasteiger partial charge in [-0.1, -0.05) is 24.1 Å². The van der Waals surface area contributed by atoms with Crippen LogP contribution in [0.3, 0.4) is 0 Å². The molecular formula is C37H37ClF3N7O3S. The number of nitriles is 1. The number of hydrogen-bond acceptors (Lipinski definition) is 10. The summed E-state index contributed by atoms with van der Waals surface area (Å²) in [6.07, 6.45) is 3.88. The van der Waals surface area contributed by atoms with Gasteiger partial charge in [-0.3, -0.25) is 9.69 Å². The van der Waals surface area contributed by atoms with Crippen LogP contribution in [0.1, 0.15) is 44.1 Å². The molecule has 2 atom stereocenters. The second-order valence-electron chi connectivity index (χ2n) is 15.2. The van der Waals surface area contributed by atoms with E-state index in [0.29, 0.717) is 63.6 Å². The van der Waals surface area contributed by atoms with Gasteiger partial charge in [0.25, 0.3) is 0 Å². The zero-order valence-corrected chi connectivity index (χ0v) is 30.0. The van der Waals surface area contributed by atoms with Crippen LogP contribution in [-0.2, 0) is 9.53 Å². The summed E-state index contributed by atoms with van der Waals surface area (Å²) in [7, 11) is 0. The van der Waals surface area contributed by atoms with E-state index in [9.17, 15) is 18.8 Å². The lowest BCUT2D eigenvalue weighted by Gasteiger charge is -2.52. The second kappa shape index (κ2) is 12.6. The molecule has 5 saturated heterocycles. The predicted molar refractivity (Wildman–Crippen MR) is 192 cm³/mol. The van der Waals surface area contributed by atoms with Crippen molar-refractivity contribution in [2.75, 3.05) is 69.7 Å². The van der Waals surface area contributed by atoms with Crippen molar-refractivity contribution in [2.24, 2.45) is 11.3 Å². The Morgan fingerprint density at radius 2 is 1.98 bits per heavy atom. The van der Waals surface area contributed by atoms with Crippen molar-refractivity contribution < 1.29 is 27.4 Å². The van der Waals surface area contributed by atoms with Gasteiger partial charge in [0.05, 0.1) is 40.0 Å². The minimum absolute atomic E-state index is 0.0337. The van der Waals surface area contributed by atoms with Crippen LogP contribution in [0.2, 0.25) is 5.02 Å². The van der Waals surface area contributed by atoms with Crippen LogP contribution in [0, 0.1) is 34.3 Å². The number of amides is 1. The van der Waals surface area contributed by atoms with Gasteiger partial charge in [0.1, 0.15) is 41.0 Å². The molecule has 1 spiro atoms. The van der Waals surface area contributed by atoms with Crippen molar-refractivity contribution in [3.63, 3.8) is 0 Å². The highest BCUT2D eigenvalue weighted by Gasteiger charge is 2.50. The Kier molecular flexibility index (Phi) is 8.22. The summed E-state index contributed by atoms with van der Waals surface area (Å²) in [5.74, 6) is -0.839. The van der Waals surface area contributed by atoms with E-state index in [2.05, 4.69) is 14.8 Å². The number of carbonyl (C=O) groups excluding carboxylic acids is 1. The average molecular weight is 752 g/mol.